The van der Waals surface area contributed by atoms with Crippen molar-refractivity contribution < 1.29 is 9.90 Å². The average molecular weight is 216 g/mol. The molecule has 0 aliphatic carbocycles. The zero-order valence-electron chi connectivity index (χ0n) is 9.47. The molecule has 0 heterocycles. The molecule has 1 unspecified atom stereocenters. The van der Waals surface area contributed by atoms with E-state index in [0.29, 0.717) is 13.1 Å². The molecule has 0 aromatic heterocycles. The second kappa shape index (κ2) is 6.36. The molecule has 88 valence electrons. The Morgan fingerprint density at radius 3 is 2.33 bits per heavy atom. The van der Waals surface area contributed by atoms with Crippen molar-refractivity contribution >= 4 is 12.3 Å². The van der Waals surface area contributed by atoms with Crippen molar-refractivity contribution in [3.63, 3.8) is 0 Å². The first-order valence-electron chi connectivity index (χ1n) is 4.85. The molecule has 6 heteroatoms. The maximum atomic E-state index is 11.0. The summed E-state index contributed by atoms with van der Waals surface area (Å²) in [5, 5.41) is 17.7. The summed E-state index contributed by atoms with van der Waals surface area (Å²) in [5.74, 6) is 4.47. The highest BCUT2D eigenvalue weighted by Crippen LogP contribution is 2.09. The van der Waals surface area contributed by atoms with Gasteiger partial charge in [-0.3, -0.25) is 11.3 Å². The van der Waals surface area contributed by atoms with Crippen LogP contribution in [0.3, 0.4) is 0 Å². The number of likely N-dealkylation sites (N-methyl/N-ethyl adjacent to an activating group) is 1. The summed E-state index contributed by atoms with van der Waals surface area (Å²) in [4.78, 5) is 12.5. The molecule has 0 aromatic rings. The Labute approximate surface area is 90.1 Å². The van der Waals surface area contributed by atoms with Crippen LogP contribution in [0.15, 0.2) is 0 Å². The number of carboxylic acid groups (broad SMARTS) is 1. The summed E-state index contributed by atoms with van der Waals surface area (Å²) in [7, 11) is 1.70. The van der Waals surface area contributed by atoms with Crippen molar-refractivity contribution in [2.45, 2.75) is 19.9 Å². The SMILES string of the molecule is CC(C)C(C(=O)O)N(C=N)CCN(C)N. The monoisotopic (exact) mass is 216 g/mol. The van der Waals surface area contributed by atoms with E-state index in [9.17, 15) is 4.79 Å². The number of hydrazine groups is 1. The summed E-state index contributed by atoms with van der Waals surface area (Å²) in [6.07, 6.45) is 1.06. The molecular formula is C9H20N4O2. The summed E-state index contributed by atoms with van der Waals surface area (Å²) in [5.41, 5.74) is 0. The number of hydrogen-bond acceptors (Lipinski definition) is 4. The van der Waals surface area contributed by atoms with Crippen LogP contribution in [0.25, 0.3) is 0 Å². The van der Waals surface area contributed by atoms with Gasteiger partial charge in [0.25, 0.3) is 0 Å². The van der Waals surface area contributed by atoms with E-state index in [0.717, 1.165) is 6.34 Å². The van der Waals surface area contributed by atoms with E-state index in [1.165, 1.54) is 9.91 Å². The second-order valence-electron chi connectivity index (χ2n) is 3.87. The van der Waals surface area contributed by atoms with Gasteiger partial charge in [0.05, 0.1) is 6.34 Å². The molecule has 0 radical (unpaired) electrons. The van der Waals surface area contributed by atoms with Gasteiger partial charge in [0.1, 0.15) is 6.04 Å². The fourth-order valence-electron chi connectivity index (χ4n) is 1.37. The first-order chi connectivity index (χ1) is 6.90. The minimum absolute atomic E-state index is 0.0489. The van der Waals surface area contributed by atoms with Crippen LogP contribution >= 0.6 is 0 Å². The highest BCUT2D eigenvalue weighted by Gasteiger charge is 2.26. The molecule has 0 fully saturated rings. The van der Waals surface area contributed by atoms with Crippen molar-refractivity contribution in [1.82, 2.24) is 9.91 Å². The predicted molar refractivity (Wildman–Crippen MR) is 58.6 cm³/mol. The summed E-state index contributed by atoms with van der Waals surface area (Å²) < 4.78 is 0. The van der Waals surface area contributed by atoms with Gasteiger partial charge in [0.15, 0.2) is 0 Å². The molecule has 0 rings (SSSR count). The quantitative estimate of drug-likeness (QED) is 0.237. The second-order valence-corrected chi connectivity index (χ2v) is 3.87. The third-order valence-corrected chi connectivity index (χ3v) is 2.12. The van der Waals surface area contributed by atoms with Crippen molar-refractivity contribution in [3.05, 3.63) is 0 Å². The molecule has 0 saturated heterocycles. The van der Waals surface area contributed by atoms with Crippen LogP contribution in [0, 0.1) is 11.3 Å². The molecule has 0 aliphatic rings. The van der Waals surface area contributed by atoms with Gasteiger partial charge in [-0.2, -0.15) is 0 Å². The highest BCUT2D eigenvalue weighted by atomic mass is 16.4. The Kier molecular flexibility index (Phi) is 5.88. The Morgan fingerprint density at radius 1 is 1.53 bits per heavy atom. The normalized spacial score (nSPS) is 12.9. The van der Waals surface area contributed by atoms with Crippen LogP contribution in [0.1, 0.15) is 13.8 Å². The van der Waals surface area contributed by atoms with Crippen LogP contribution in [0.5, 0.6) is 0 Å². The first kappa shape index (κ1) is 13.9. The molecular weight excluding hydrogens is 196 g/mol. The van der Waals surface area contributed by atoms with Crippen LogP contribution < -0.4 is 5.84 Å². The number of carboxylic acids is 1. The third-order valence-electron chi connectivity index (χ3n) is 2.12. The lowest BCUT2D eigenvalue weighted by Gasteiger charge is -2.29. The summed E-state index contributed by atoms with van der Waals surface area (Å²) in [6.45, 7) is 4.60. The largest absolute Gasteiger partial charge is 0.480 e. The number of rotatable bonds is 7. The lowest BCUT2D eigenvalue weighted by molar-refractivity contribution is -0.143. The predicted octanol–water partition coefficient (Wildman–Crippen LogP) is -0.190. The smallest absolute Gasteiger partial charge is 0.326 e. The molecule has 0 aliphatic heterocycles. The number of nitrogens with one attached hydrogen (secondary N) is 1. The van der Waals surface area contributed by atoms with E-state index in [4.69, 9.17) is 16.4 Å². The van der Waals surface area contributed by atoms with Crippen LogP contribution in [0.2, 0.25) is 0 Å². The third kappa shape index (κ3) is 4.75. The van der Waals surface area contributed by atoms with Gasteiger partial charge >= 0.3 is 5.97 Å². The van der Waals surface area contributed by atoms with Crippen LogP contribution in [-0.2, 0) is 4.79 Å². The number of carbonyl (C=O) groups is 1. The molecule has 0 aromatic carbocycles. The van der Waals surface area contributed by atoms with E-state index in [1.54, 1.807) is 7.05 Å². The van der Waals surface area contributed by atoms with Crippen molar-refractivity contribution in [2.75, 3.05) is 20.1 Å². The van der Waals surface area contributed by atoms with Gasteiger partial charge in [-0.1, -0.05) is 13.8 Å². The lowest BCUT2D eigenvalue weighted by atomic mass is 10.0. The topological polar surface area (TPSA) is 93.6 Å². The maximum absolute atomic E-state index is 11.0. The number of aliphatic carboxylic acids is 1. The summed E-state index contributed by atoms with van der Waals surface area (Å²) >= 11 is 0. The molecule has 6 nitrogen and oxygen atoms in total. The van der Waals surface area contributed by atoms with Gasteiger partial charge in [0.2, 0.25) is 0 Å². The zero-order valence-corrected chi connectivity index (χ0v) is 9.47. The fourth-order valence-corrected chi connectivity index (χ4v) is 1.37. The minimum Gasteiger partial charge on any atom is -0.480 e. The van der Waals surface area contributed by atoms with Gasteiger partial charge < -0.3 is 10.0 Å². The van der Waals surface area contributed by atoms with E-state index in [-0.39, 0.29) is 5.92 Å². The minimum atomic E-state index is -0.909. The number of hydrogen-bond donors (Lipinski definition) is 3. The van der Waals surface area contributed by atoms with Gasteiger partial charge in [-0.05, 0) is 5.92 Å². The first-order valence-corrected chi connectivity index (χ1v) is 4.85. The average Bonchev–Trinajstić information content (AvgIpc) is 2.09. The Bertz CT molecular complexity index is 218. The molecule has 1 atom stereocenters. The van der Waals surface area contributed by atoms with Crippen LogP contribution in [-0.4, -0.2) is 53.5 Å². The molecule has 15 heavy (non-hydrogen) atoms. The summed E-state index contributed by atoms with van der Waals surface area (Å²) in [6, 6.07) is -0.664. The van der Waals surface area contributed by atoms with Gasteiger partial charge in [-0.25, -0.2) is 9.80 Å². The van der Waals surface area contributed by atoms with Crippen molar-refractivity contribution in [2.24, 2.45) is 11.8 Å². The van der Waals surface area contributed by atoms with E-state index >= 15 is 0 Å². The molecule has 0 saturated carbocycles. The van der Waals surface area contributed by atoms with Crippen LogP contribution in [0.4, 0.5) is 0 Å². The molecule has 0 amide bonds. The van der Waals surface area contributed by atoms with E-state index < -0.39 is 12.0 Å². The van der Waals surface area contributed by atoms with Crippen molar-refractivity contribution in [3.8, 4) is 0 Å². The van der Waals surface area contributed by atoms with E-state index in [1.807, 2.05) is 13.8 Å². The van der Waals surface area contributed by atoms with Crippen molar-refractivity contribution in [1.29, 1.82) is 5.41 Å². The van der Waals surface area contributed by atoms with Gasteiger partial charge in [0, 0.05) is 20.1 Å². The van der Waals surface area contributed by atoms with E-state index in [2.05, 4.69) is 0 Å². The molecule has 0 bridgehead atoms. The molecule has 4 N–H and O–H groups in total. The Balaban J connectivity index is 4.46. The standard InChI is InChI=1S/C9H20N4O2/c1-7(2)8(9(14)15)13(6-10)5-4-12(3)11/h6-8,10H,4-5,11H2,1-3H3,(H,14,15). The Morgan fingerprint density at radius 2 is 2.07 bits per heavy atom. The number of nitrogens with zero attached hydrogens (tertiary/aromatic N) is 2. The Hall–Kier alpha value is -1.14. The lowest BCUT2D eigenvalue weighted by Crippen LogP contribution is -2.47. The maximum Gasteiger partial charge on any atom is 0.326 e. The highest BCUT2D eigenvalue weighted by molar-refractivity contribution is 5.76. The number of nitrogens with two attached hydrogens (primary N) is 1. The zero-order chi connectivity index (χ0) is 12.0. The molecule has 0 spiro atoms. The van der Waals surface area contributed by atoms with Gasteiger partial charge in [-0.15, -0.1) is 0 Å². The fraction of sp³-hybridized carbons (Fsp3) is 0.778.